The maximum Gasteiger partial charge on any atom is 0.116 e. The molecule has 0 amide bonds. The van der Waals surface area contributed by atoms with Crippen molar-refractivity contribution < 1.29 is 0 Å². The van der Waals surface area contributed by atoms with Crippen molar-refractivity contribution in [3.05, 3.63) is 42.5 Å². The Hall–Kier alpha value is -0.300. The minimum Gasteiger partial charge on any atom is -0.300 e. The Bertz CT molecular complexity index is 660. The third-order valence-corrected chi connectivity index (χ3v) is 6.24. The molecule has 2 aromatic rings. The van der Waals surface area contributed by atoms with Gasteiger partial charge in [0.05, 0.1) is 11.4 Å². The van der Waals surface area contributed by atoms with Gasteiger partial charge in [-0.25, -0.2) is 4.98 Å². The number of thiazole rings is 1. The van der Waals surface area contributed by atoms with Gasteiger partial charge in [-0.2, -0.15) is 0 Å². The van der Waals surface area contributed by atoms with Crippen LogP contribution in [0.2, 0.25) is 0 Å². The fraction of sp³-hybridized carbons (Fsp3) is 0.467. The number of rotatable bonds is 4. The Kier molecular flexibility index (Phi) is 3.90. The number of halogens is 2. The van der Waals surface area contributed by atoms with E-state index in [1.807, 2.05) is 17.5 Å². The van der Waals surface area contributed by atoms with Gasteiger partial charge in [0, 0.05) is 26.1 Å². The molecule has 1 atom stereocenters. The molecule has 21 heavy (non-hydrogen) atoms. The van der Waals surface area contributed by atoms with Crippen LogP contribution in [0.5, 0.6) is 0 Å². The molecule has 0 spiro atoms. The summed E-state index contributed by atoms with van der Waals surface area (Å²) in [5.74, 6) is 0. The van der Waals surface area contributed by atoms with Gasteiger partial charge in [0.25, 0.3) is 0 Å². The highest BCUT2D eigenvalue weighted by atomic mass is 79.9. The predicted molar refractivity (Wildman–Crippen MR) is 91.8 cm³/mol. The Balaban J connectivity index is 1.72. The van der Waals surface area contributed by atoms with Crippen molar-refractivity contribution in [3.8, 4) is 0 Å². The highest BCUT2D eigenvalue weighted by Crippen LogP contribution is 2.37. The molecule has 1 N–H and O–H groups in total. The number of nitrogens with one attached hydrogen (secondary N) is 1. The number of hydrogen-bond donors (Lipinski definition) is 1. The largest absolute Gasteiger partial charge is 0.300 e. The zero-order valence-corrected chi connectivity index (χ0v) is 15.4. The van der Waals surface area contributed by atoms with E-state index in [1.165, 1.54) is 41.3 Å². The number of hydrogen-bond acceptors (Lipinski definition) is 4. The van der Waals surface area contributed by atoms with Crippen LogP contribution in [0.4, 0.5) is 0 Å². The van der Waals surface area contributed by atoms with E-state index in [2.05, 4.69) is 48.2 Å². The van der Waals surface area contributed by atoms with Gasteiger partial charge in [-0.3, -0.25) is 4.98 Å². The summed E-state index contributed by atoms with van der Waals surface area (Å²) in [7, 11) is 0. The van der Waals surface area contributed by atoms with E-state index in [9.17, 15) is 0 Å². The van der Waals surface area contributed by atoms with Gasteiger partial charge in [-0.15, -0.1) is 11.3 Å². The van der Waals surface area contributed by atoms with Crippen molar-refractivity contribution in [2.24, 2.45) is 0 Å². The van der Waals surface area contributed by atoms with Gasteiger partial charge in [0.15, 0.2) is 0 Å². The van der Waals surface area contributed by atoms with Crippen LogP contribution in [0.3, 0.4) is 0 Å². The maximum absolute atomic E-state index is 4.90. The summed E-state index contributed by atoms with van der Waals surface area (Å²) in [5.41, 5.74) is 2.35. The van der Waals surface area contributed by atoms with Gasteiger partial charge in [-0.05, 0) is 70.0 Å². The summed E-state index contributed by atoms with van der Waals surface area (Å²) < 4.78 is 2.02. The first-order valence-corrected chi connectivity index (χ1v) is 9.66. The van der Waals surface area contributed by atoms with E-state index < -0.39 is 0 Å². The molecule has 2 aromatic heterocycles. The number of pyridine rings is 1. The first-order valence-electron chi connectivity index (χ1n) is 7.26. The van der Waals surface area contributed by atoms with E-state index in [4.69, 9.17) is 4.98 Å². The maximum atomic E-state index is 4.90. The summed E-state index contributed by atoms with van der Waals surface area (Å²) in [6.07, 6.45) is 7.97. The normalized spacial score (nSPS) is 18.8. The number of aryl methyl sites for hydroxylation is 2. The van der Waals surface area contributed by atoms with Crippen LogP contribution in [0.1, 0.15) is 46.6 Å². The molecule has 0 radical (unpaired) electrons. The minimum absolute atomic E-state index is 0.107. The summed E-state index contributed by atoms with van der Waals surface area (Å²) in [5, 5.41) is 4.88. The average molecular weight is 429 g/mol. The van der Waals surface area contributed by atoms with Crippen molar-refractivity contribution in [2.45, 2.75) is 44.2 Å². The van der Waals surface area contributed by atoms with Crippen LogP contribution in [0.25, 0.3) is 0 Å². The molecule has 4 rings (SSSR count). The number of aromatic nitrogens is 2. The Morgan fingerprint density at radius 1 is 1.29 bits per heavy atom. The van der Waals surface area contributed by atoms with Crippen LogP contribution in [0.15, 0.2) is 21.2 Å². The van der Waals surface area contributed by atoms with E-state index in [0.29, 0.717) is 6.04 Å². The lowest BCUT2D eigenvalue weighted by atomic mass is 10.2. The highest BCUT2D eigenvalue weighted by molar-refractivity contribution is 9.11. The van der Waals surface area contributed by atoms with Crippen molar-refractivity contribution in [1.29, 1.82) is 0 Å². The van der Waals surface area contributed by atoms with E-state index >= 15 is 0 Å². The zero-order chi connectivity index (χ0) is 14.4. The highest BCUT2D eigenvalue weighted by Gasteiger charge is 2.31. The first kappa shape index (κ1) is 14.3. The molecule has 0 saturated heterocycles. The minimum atomic E-state index is 0.107. The van der Waals surface area contributed by atoms with Crippen molar-refractivity contribution in [3.63, 3.8) is 0 Å². The second kappa shape index (κ2) is 5.72. The summed E-state index contributed by atoms with van der Waals surface area (Å²) in [4.78, 5) is 11.0. The molecule has 0 bridgehead atoms. The lowest BCUT2D eigenvalue weighted by Crippen LogP contribution is -2.25. The first-order chi connectivity index (χ1) is 10.2. The van der Waals surface area contributed by atoms with Gasteiger partial charge in [-0.1, -0.05) is 0 Å². The monoisotopic (exact) mass is 427 g/mol. The second-order valence-electron chi connectivity index (χ2n) is 5.67. The van der Waals surface area contributed by atoms with Crippen LogP contribution in [0, 0.1) is 0 Å². The molecule has 1 unspecified atom stereocenters. The van der Waals surface area contributed by atoms with Crippen LogP contribution in [-0.4, -0.2) is 16.0 Å². The van der Waals surface area contributed by atoms with Gasteiger partial charge in [0.1, 0.15) is 11.0 Å². The molecule has 1 fully saturated rings. The average Bonchev–Trinajstić information content (AvgIpc) is 3.00. The SMILES string of the molecule is Brc1cnc(C(NC2CC2)c2nc3c(s2)CCC3)c(Br)c1. The molecule has 2 aliphatic carbocycles. The van der Waals surface area contributed by atoms with E-state index in [0.717, 1.165) is 21.1 Å². The third-order valence-electron chi connectivity index (χ3n) is 3.95. The lowest BCUT2D eigenvalue weighted by Gasteiger charge is -2.17. The molecule has 110 valence electrons. The second-order valence-corrected chi connectivity index (χ2v) is 8.56. The van der Waals surface area contributed by atoms with Crippen molar-refractivity contribution >= 4 is 43.2 Å². The molecule has 1 saturated carbocycles. The Morgan fingerprint density at radius 3 is 2.86 bits per heavy atom. The Morgan fingerprint density at radius 2 is 2.14 bits per heavy atom. The lowest BCUT2D eigenvalue weighted by molar-refractivity contribution is 0.581. The smallest absolute Gasteiger partial charge is 0.116 e. The van der Waals surface area contributed by atoms with Gasteiger partial charge < -0.3 is 5.32 Å². The molecule has 3 nitrogen and oxygen atoms in total. The molecule has 2 aliphatic rings. The quantitative estimate of drug-likeness (QED) is 0.784. The van der Waals surface area contributed by atoms with Crippen molar-refractivity contribution in [1.82, 2.24) is 15.3 Å². The fourth-order valence-electron chi connectivity index (χ4n) is 2.72. The van der Waals surface area contributed by atoms with E-state index in [1.54, 1.807) is 0 Å². The summed E-state index contributed by atoms with van der Waals surface area (Å²) in [6.45, 7) is 0. The number of nitrogens with zero attached hydrogens (tertiary/aromatic N) is 2. The Labute approximate surface area is 144 Å². The van der Waals surface area contributed by atoms with Crippen LogP contribution >= 0.6 is 43.2 Å². The number of fused-ring (bicyclic) bond motifs is 1. The molecule has 0 aliphatic heterocycles. The molecule has 2 heterocycles. The summed E-state index contributed by atoms with van der Waals surface area (Å²) >= 11 is 8.99. The molecule has 6 heteroatoms. The van der Waals surface area contributed by atoms with E-state index in [-0.39, 0.29) is 6.04 Å². The molecular weight excluding hydrogens is 414 g/mol. The fourth-order valence-corrected chi connectivity index (χ4v) is 5.16. The molecule has 0 aromatic carbocycles. The van der Waals surface area contributed by atoms with Gasteiger partial charge >= 0.3 is 0 Å². The van der Waals surface area contributed by atoms with Crippen LogP contribution in [-0.2, 0) is 12.8 Å². The topological polar surface area (TPSA) is 37.8 Å². The van der Waals surface area contributed by atoms with Gasteiger partial charge in [0.2, 0.25) is 0 Å². The predicted octanol–water partition coefficient (Wildman–Crippen LogP) is 4.39. The molecular formula is C15H15Br2N3S. The zero-order valence-electron chi connectivity index (χ0n) is 11.4. The van der Waals surface area contributed by atoms with Crippen LogP contribution < -0.4 is 5.32 Å². The van der Waals surface area contributed by atoms with Crippen molar-refractivity contribution in [2.75, 3.05) is 0 Å². The standard InChI is InChI=1S/C15H15Br2N3S/c16-8-6-10(17)13(18-7-8)14(19-9-4-5-9)15-20-11-2-1-3-12(11)21-15/h6-7,9,14,19H,1-5H2. The third kappa shape index (κ3) is 2.96. The summed E-state index contributed by atoms with van der Waals surface area (Å²) in [6, 6.07) is 2.78.